The zero-order valence-corrected chi connectivity index (χ0v) is 14.2. The summed E-state index contributed by atoms with van der Waals surface area (Å²) in [6.45, 7) is 5.13. The standard InChI is InChI=1S/C19H23N3O2/c1-12-15-7-3-4-8-17(15)21-13(2)16(12)10-18(23)22-9-5-6-14(11-22)19(20)24/h3-4,7-8,14H,5-6,9-11H2,1-2H3,(H2,20,24). The van der Waals surface area contributed by atoms with Crippen molar-refractivity contribution in [3.63, 3.8) is 0 Å². The van der Waals surface area contributed by atoms with E-state index in [2.05, 4.69) is 4.98 Å². The van der Waals surface area contributed by atoms with Gasteiger partial charge in [-0.15, -0.1) is 0 Å². The summed E-state index contributed by atoms with van der Waals surface area (Å²) in [6, 6.07) is 7.98. The molecule has 2 heterocycles. The van der Waals surface area contributed by atoms with Gasteiger partial charge in [-0.05, 0) is 43.9 Å². The number of fused-ring (bicyclic) bond motifs is 1. The van der Waals surface area contributed by atoms with Crippen LogP contribution in [-0.4, -0.2) is 34.8 Å². The average molecular weight is 325 g/mol. The van der Waals surface area contributed by atoms with Crippen LogP contribution in [0.2, 0.25) is 0 Å². The highest BCUT2D eigenvalue weighted by Gasteiger charge is 2.27. The summed E-state index contributed by atoms with van der Waals surface area (Å²) >= 11 is 0. The highest BCUT2D eigenvalue weighted by Crippen LogP contribution is 2.24. The van der Waals surface area contributed by atoms with Crippen LogP contribution in [0.4, 0.5) is 0 Å². The minimum Gasteiger partial charge on any atom is -0.369 e. The molecular formula is C19H23N3O2. The van der Waals surface area contributed by atoms with Crippen molar-refractivity contribution in [1.82, 2.24) is 9.88 Å². The van der Waals surface area contributed by atoms with Gasteiger partial charge in [0.05, 0.1) is 17.9 Å². The van der Waals surface area contributed by atoms with Crippen LogP contribution < -0.4 is 5.73 Å². The van der Waals surface area contributed by atoms with Crippen LogP contribution in [0.1, 0.15) is 29.7 Å². The van der Waals surface area contributed by atoms with Crippen LogP contribution in [-0.2, 0) is 16.0 Å². The molecule has 1 unspecified atom stereocenters. The molecule has 0 spiro atoms. The second-order valence-electron chi connectivity index (χ2n) is 6.58. The minimum absolute atomic E-state index is 0.0456. The Morgan fingerprint density at radius 2 is 2.04 bits per heavy atom. The maximum absolute atomic E-state index is 12.7. The zero-order valence-electron chi connectivity index (χ0n) is 14.2. The summed E-state index contributed by atoms with van der Waals surface area (Å²) in [4.78, 5) is 30.5. The summed E-state index contributed by atoms with van der Waals surface area (Å²) in [5, 5.41) is 1.08. The third-order valence-electron chi connectivity index (χ3n) is 4.99. The summed E-state index contributed by atoms with van der Waals surface area (Å²) in [6.07, 6.45) is 1.92. The van der Waals surface area contributed by atoms with Crippen LogP contribution in [0, 0.1) is 19.8 Å². The van der Waals surface area contributed by atoms with E-state index in [1.165, 1.54) is 0 Å². The van der Waals surface area contributed by atoms with Gasteiger partial charge in [0, 0.05) is 24.2 Å². The van der Waals surface area contributed by atoms with Gasteiger partial charge in [0.2, 0.25) is 11.8 Å². The molecule has 0 saturated carbocycles. The van der Waals surface area contributed by atoms with E-state index >= 15 is 0 Å². The van der Waals surface area contributed by atoms with Gasteiger partial charge in [-0.3, -0.25) is 14.6 Å². The van der Waals surface area contributed by atoms with E-state index in [0.29, 0.717) is 19.5 Å². The average Bonchev–Trinajstić information content (AvgIpc) is 2.58. The van der Waals surface area contributed by atoms with Crippen LogP contribution in [0.25, 0.3) is 10.9 Å². The number of para-hydroxylation sites is 1. The van der Waals surface area contributed by atoms with E-state index in [9.17, 15) is 9.59 Å². The minimum atomic E-state index is -0.313. The predicted octanol–water partition coefficient (Wildman–Crippen LogP) is 2.12. The van der Waals surface area contributed by atoms with E-state index in [-0.39, 0.29) is 17.7 Å². The summed E-state index contributed by atoms with van der Waals surface area (Å²) in [5.74, 6) is -0.490. The Hall–Kier alpha value is -2.43. The molecule has 1 aliphatic rings. The number of nitrogens with two attached hydrogens (primary N) is 1. The van der Waals surface area contributed by atoms with Gasteiger partial charge in [0.25, 0.3) is 0 Å². The van der Waals surface area contributed by atoms with Gasteiger partial charge in [0.15, 0.2) is 0 Å². The Bertz CT molecular complexity index is 801. The number of primary amides is 1. The van der Waals surface area contributed by atoms with Crippen LogP contribution in [0.15, 0.2) is 24.3 Å². The van der Waals surface area contributed by atoms with Gasteiger partial charge in [-0.2, -0.15) is 0 Å². The lowest BCUT2D eigenvalue weighted by atomic mass is 9.95. The second-order valence-corrected chi connectivity index (χ2v) is 6.58. The Kier molecular flexibility index (Phi) is 4.51. The maximum Gasteiger partial charge on any atom is 0.227 e. The first-order chi connectivity index (χ1) is 11.5. The number of pyridine rings is 1. The molecule has 1 saturated heterocycles. The first-order valence-corrected chi connectivity index (χ1v) is 8.39. The molecular weight excluding hydrogens is 302 g/mol. The molecule has 1 atom stereocenters. The second kappa shape index (κ2) is 6.59. The molecule has 126 valence electrons. The highest BCUT2D eigenvalue weighted by atomic mass is 16.2. The smallest absolute Gasteiger partial charge is 0.227 e. The van der Waals surface area contributed by atoms with Crippen LogP contribution in [0.3, 0.4) is 0 Å². The molecule has 2 amide bonds. The fourth-order valence-electron chi connectivity index (χ4n) is 3.53. The van der Waals surface area contributed by atoms with E-state index in [4.69, 9.17) is 5.73 Å². The molecule has 1 fully saturated rings. The lowest BCUT2D eigenvalue weighted by molar-refractivity contribution is -0.134. The summed E-state index contributed by atoms with van der Waals surface area (Å²) in [5.41, 5.74) is 9.34. The fraction of sp³-hybridized carbons (Fsp3) is 0.421. The van der Waals surface area contributed by atoms with Gasteiger partial charge < -0.3 is 10.6 Å². The van der Waals surface area contributed by atoms with Gasteiger partial charge in [0.1, 0.15) is 0 Å². The normalized spacial score (nSPS) is 17.9. The molecule has 1 aromatic carbocycles. The fourth-order valence-corrected chi connectivity index (χ4v) is 3.53. The third kappa shape index (κ3) is 3.11. The number of rotatable bonds is 3. The molecule has 0 bridgehead atoms. The Morgan fingerprint density at radius 3 is 2.79 bits per heavy atom. The molecule has 2 N–H and O–H groups in total. The van der Waals surface area contributed by atoms with Crippen molar-refractivity contribution in [3.8, 4) is 0 Å². The molecule has 5 heteroatoms. The van der Waals surface area contributed by atoms with Crippen molar-refractivity contribution >= 4 is 22.7 Å². The quantitative estimate of drug-likeness (QED) is 0.939. The van der Waals surface area contributed by atoms with Crippen LogP contribution >= 0.6 is 0 Å². The Morgan fingerprint density at radius 1 is 1.29 bits per heavy atom. The topological polar surface area (TPSA) is 76.3 Å². The van der Waals surface area contributed by atoms with Crippen molar-refractivity contribution in [2.45, 2.75) is 33.1 Å². The first-order valence-electron chi connectivity index (χ1n) is 8.39. The van der Waals surface area contributed by atoms with Gasteiger partial charge in [-0.1, -0.05) is 18.2 Å². The van der Waals surface area contributed by atoms with Crippen LogP contribution in [0.5, 0.6) is 0 Å². The van der Waals surface area contributed by atoms with E-state index in [0.717, 1.165) is 40.6 Å². The number of likely N-dealkylation sites (tertiary alicyclic amines) is 1. The van der Waals surface area contributed by atoms with Gasteiger partial charge in [-0.25, -0.2) is 0 Å². The monoisotopic (exact) mass is 325 g/mol. The van der Waals surface area contributed by atoms with Crippen molar-refractivity contribution < 1.29 is 9.59 Å². The molecule has 1 aromatic heterocycles. The number of carbonyl (C=O) groups is 2. The molecule has 5 nitrogen and oxygen atoms in total. The molecule has 3 rings (SSSR count). The number of aromatic nitrogens is 1. The summed E-state index contributed by atoms with van der Waals surface area (Å²) < 4.78 is 0. The van der Waals surface area contributed by atoms with Crippen molar-refractivity contribution in [2.24, 2.45) is 11.7 Å². The molecule has 1 aliphatic heterocycles. The number of nitrogens with zero attached hydrogens (tertiary/aromatic N) is 2. The Labute approximate surface area is 141 Å². The van der Waals surface area contributed by atoms with E-state index in [1.54, 1.807) is 4.90 Å². The number of amides is 2. The lowest BCUT2D eigenvalue weighted by Gasteiger charge is -2.31. The predicted molar refractivity (Wildman–Crippen MR) is 93.4 cm³/mol. The molecule has 24 heavy (non-hydrogen) atoms. The van der Waals surface area contributed by atoms with Crippen molar-refractivity contribution in [3.05, 3.63) is 41.1 Å². The number of benzene rings is 1. The number of piperidine rings is 1. The highest BCUT2D eigenvalue weighted by molar-refractivity contribution is 5.87. The number of carbonyl (C=O) groups excluding carboxylic acids is 2. The summed E-state index contributed by atoms with van der Waals surface area (Å²) in [7, 11) is 0. The SMILES string of the molecule is Cc1nc2ccccc2c(C)c1CC(=O)N1CCCC(C(N)=O)C1. The lowest BCUT2D eigenvalue weighted by Crippen LogP contribution is -2.44. The molecule has 0 aliphatic carbocycles. The third-order valence-corrected chi connectivity index (χ3v) is 4.99. The first kappa shape index (κ1) is 16.4. The molecule has 2 aromatic rings. The van der Waals surface area contributed by atoms with E-state index < -0.39 is 0 Å². The Balaban J connectivity index is 1.84. The zero-order chi connectivity index (χ0) is 17.3. The number of hydrogen-bond donors (Lipinski definition) is 1. The maximum atomic E-state index is 12.7. The van der Waals surface area contributed by atoms with Crippen molar-refractivity contribution in [2.75, 3.05) is 13.1 Å². The number of hydrogen-bond acceptors (Lipinski definition) is 3. The van der Waals surface area contributed by atoms with Crippen molar-refractivity contribution in [1.29, 1.82) is 0 Å². The largest absolute Gasteiger partial charge is 0.369 e. The number of aryl methyl sites for hydroxylation is 2. The van der Waals surface area contributed by atoms with E-state index in [1.807, 2.05) is 38.1 Å². The van der Waals surface area contributed by atoms with Gasteiger partial charge >= 0.3 is 0 Å². The molecule has 0 radical (unpaired) electrons.